The summed E-state index contributed by atoms with van der Waals surface area (Å²) in [5, 5.41) is 8.02. The van der Waals surface area contributed by atoms with Crippen molar-refractivity contribution < 1.29 is 9.53 Å². The fourth-order valence-corrected chi connectivity index (χ4v) is 3.03. The lowest BCUT2D eigenvalue weighted by atomic mass is 10.1. The number of fused-ring (bicyclic) bond motifs is 1. The minimum Gasteiger partial charge on any atom is -0.465 e. The summed E-state index contributed by atoms with van der Waals surface area (Å²) in [7, 11) is 1.38. The lowest BCUT2D eigenvalue weighted by Crippen LogP contribution is -2.28. The van der Waals surface area contributed by atoms with Crippen LogP contribution in [0.2, 0.25) is 0 Å². The summed E-state index contributed by atoms with van der Waals surface area (Å²) in [6.07, 6.45) is 3.73. The summed E-state index contributed by atoms with van der Waals surface area (Å²) in [4.78, 5) is 16.0. The normalized spacial score (nSPS) is 13.5. The highest BCUT2D eigenvalue weighted by molar-refractivity contribution is 5.89. The molecule has 2 aromatic heterocycles. The molecule has 3 aromatic rings. The molecule has 0 saturated carbocycles. The van der Waals surface area contributed by atoms with E-state index < -0.39 is 0 Å². The van der Waals surface area contributed by atoms with Crippen LogP contribution in [-0.4, -0.2) is 39.0 Å². The number of nitrogens with zero attached hydrogens (tertiary/aromatic N) is 4. The van der Waals surface area contributed by atoms with Gasteiger partial charge in [0.2, 0.25) is 0 Å². The summed E-state index contributed by atoms with van der Waals surface area (Å²) in [6.45, 7) is 3.32. The molecule has 1 aliphatic heterocycles. The van der Waals surface area contributed by atoms with Gasteiger partial charge in [-0.2, -0.15) is 5.10 Å². The first-order valence-electron chi connectivity index (χ1n) is 8.21. The third-order valence-electron chi connectivity index (χ3n) is 4.34. The van der Waals surface area contributed by atoms with Crippen molar-refractivity contribution in [2.75, 3.05) is 13.7 Å². The van der Waals surface area contributed by atoms with Crippen LogP contribution in [0.1, 0.15) is 21.6 Å². The first-order valence-corrected chi connectivity index (χ1v) is 8.21. The highest BCUT2D eigenvalue weighted by atomic mass is 16.5. The molecule has 25 heavy (non-hydrogen) atoms. The van der Waals surface area contributed by atoms with Crippen molar-refractivity contribution >= 4 is 5.97 Å². The summed E-state index contributed by atoms with van der Waals surface area (Å²) >= 11 is 0. The Morgan fingerprint density at radius 1 is 1.32 bits per heavy atom. The number of benzene rings is 1. The Labute approximate surface area is 145 Å². The van der Waals surface area contributed by atoms with Crippen LogP contribution in [0.4, 0.5) is 0 Å². The van der Waals surface area contributed by atoms with E-state index in [1.807, 2.05) is 23.0 Å². The van der Waals surface area contributed by atoms with Crippen molar-refractivity contribution in [3.05, 3.63) is 59.5 Å². The fourth-order valence-electron chi connectivity index (χ4n) is 3.03. The number of carbonyl (C=O) groups is 1. The third kappa shape index (κ3) is 3.06. The van der Waals surface area contributed by atoms with Gasteiger partial charge < -0.3 is 14.6 Å². The second kappa shape index (κ2) is 6.52. The average Bonchev–Trinajstić information content (AvgIpc) is 3.27. The minimum atomic E-state index is -0.327. The molecule has 0 unspecified atom stereocenters. The maximum Gasteiger partial charge on any atom is 0.337 e. The molecule has 7 heteroatoms. The first-order chi connectivity index (χ1) is 12.2. The Morgan fingerprint density at radius 2 is 2.16 bits per heavy atom. The zero-order valence-corrected chi connectivity index (χ0v) is 14.0. The predicted molar refractivity (Wildman–Crippen MR) is 92.0 cm³/mol. The molecule has 0 spiro atoms. The molecule has 0 radical (unpaired) electrons. The minimum absolute atomic E-state index is 0.327. The van der Waals surface area contributed by atoms with Crippen LogP contribution in [0.15, 0.2) is 42.7 Å². The predicted octanol–water partition coefficient (Wildman–Crippen LogP) is 1.68. The van der Waals surface area contributed by atoms with Crippen LogP contribution in [0.25, 0.3) is 11.5 Å². The molecule has 0 saturated heterocycles. The number of aromatic nitrogens is 4. The summed E-state index contributed by atoms with van der Waals surface area (Å²) in [6, 6.07) is 9.50. The van der Waals surface area contributed by atoms with E-state index in [2.05, 4.69) is 26.0 Å². The lowest BCUT2D eigenvalue weighted by Gasteiger charge is -2.13. The zero-order chi connectivity index (χ0) is 17.2. The summed E-state index contributed by atoms with van der Waals surface area (Å²) in [5.74, 6) is 0.519. The van der Waals surface area contributed by atoms with Crippen LogP contribution < -0.4 is 5.32 Å². The molecule has 0 amide bonds. The van der Waals surface area contributed by atoms with Gasteiger partial charge in [-0.3, -0.25) is 4.68 Å². The lowest BCUT2D eigenvalue weighted by molar-refractivity contribution is 0.0600. The average molecular weight is 337 g/mol. The SMILES string of the molecule is COC(=O)c1ccc(Cn2ccnc2-c2cc3n(n2)CCNC3)cc1. The van der Waals surface area contributed by atoms with Crippen molar-refractivity contribution in [2.24, 2.45) is 0 Å². The van der Waals surface area contributed by atoms with Crippen molar-refractivity contribution in [1.82, 2.24) is 24.6 Å². The molecule has 1 aromatic carbocycles. The first kappa shape index (κ1) is 15.6. The molecular formula is C18H19N5O2. The van der Waals surface area contributed by atoms with Gasteiger partial charge in [0.05, 0.1) is 24.9 Å². The van der Waals surface area contributed by atoms with E-state index >= 15 is 0 Å². The topological polar surface area (TPSA) is 74.0 Å². The number of nitrogens with one attached hydrogen (secondary N) is 1. The van der Waals surface area contributed by atoms with Gasteiger partial charge in [0.1, 0.15) is 5.69 Å². The number of hydrogen-bond donors (Lipinski definition) is 1. The number of carbonyl (C=O) groups excluding carboxylic acids is 1. The second-order valence-electron chi connectivity index (χ2n) is 5.99. The van der Waals surface area contributed by atoms with Crippen LogP contribution in [0, 0.1) is 0 Å². The van der Waals surface area contributed by atoms with Gasteiger partial charge in [-0.15, -0.1) is 0 Å². The Kier molecular flexibility index (Phi) is 4.07. The number of ether oxygens (including phenoxy) is 1. The smallest absolute Gasteiger partial charge is 0.337 e. The molecule has 0 fully saturated rings. The highest BCUT2D eigenvalue weighted by Crippen LogP contribution is 2.20. The molecule has 1 N–H and O–H groups in total. The highest BCUT2D eigenvalue weighted by Gasteiger charge is 2.16. The molecule has 4 rings (SSSR count). The van der Waals surface area contributed by atoms with Gasteiger partial charge >= 0.3 is 5.97 Å². The molecule has 1 aliphatic rings. The van der Waals surface area contributed by atoms with E-state index in [0.29, 0.717) is 12.1 Å². The van der Waals surface area contributed by atoms with Crippen LogP contribution in [0.5, 0.6) is 0 Å². The molecular weight excluding hydrogens is 318 g/mol. The van der Waals surface area contributed by atoms with E-state index in [9.17, 15) is 4.79 Å². The van der Waals surface area contributed by atoms with Crippen LogP contribution in [0.3, 0.4) is 0 Å². The van der Waals surface area contributed by atoms with Crippen molar-refractivity contribution in [1.29, 1.82) is 0 Å². The Hall–Kier alpha value is -2.93. The van der Waals surface area contributed by atoms with E-state index in [4.69, 9.17) is 4.74 Å². The second-order valence-corrected chi connectivity index (χ2v) is 5.99. The van der Waals surface area contributed by atoms with E-state index in [-0.39, 0.29) is 5.97 Å². The number of methoxy groups -OCH3 is 1. The fraction of sp³-hybridized carbons (Fsp3) is 0.278. The maximum absolute atomic E-state index is 11.5. The zero-order valence-electron chi connectivity index (χ0n) is 14.0. The van der Waals surface area contributed by atoms with Gasteiger partial charge in [-0.1, -0.05) is 12.1 Å². The number of rotatable bonds is 4. The van der Waals surface area contributed by atoms with Crippen molar-refractivity contribution in [2.45, 2.75) is 19.6 Å². The summed E-state index contributed by atoms with van der Waals surface area (Å²) < 4.78 is 8.83. The number of esters is 1. The quantitative estimate of drug-likeness (QED) is 0.733. The number of imidazole rings is 1. The Balaban J connectivity index is 1.57. The molecule has 0 bridgehead atoms. The Bertz CT molecular complexity index is 871. The van der Waals surface area contributed by atoms with Crippen LogP contribution in [-0.2, 0) is 24.4 Å². The molecule has 0 aliphatic carbocycles. The van der Waals surface area contributed by atoms with E-state index in [1.54, 1.807) is 18.3 Å². The van der Waals surface area contributed by atoms with Gasteiger partial charge in [-0.25, -0.2) is 9.78 Å². The van der Waals surface area contributed by atoms with E-state index in [1.165, 1.54) is 12.8 Å². The van der Waals surface area contributed by atoms with Gasteiger partial charge in [0.25, 0.3) is 0 Å². The van der Waals surface area contributed by atoms with Crippen molar-refractivity contribution in [3.63, 3.8) is 0 Å². The standard InChI is InChI=1S/C18H19N5O2/c1-25-18(24)14-4-2-13(3-5-14)12-22-8-7-20-17(22)16-10-15-11-19-6-9-23(15)21-16/h2-5,7-8,10,19H,6,9,11-12H2,1H3. The Morgan fingerprint density at radius 3 is 2.92 bits per heavy atom. The molecule has 0 atom stereocenters. The summed E-state index contributed by atoms with van der Waals surface area (Å²) in [5.41, 5.74) is 3.69. The van der Waals surface area contributed by atoms with Crippen LogP contribution >= 0.6 is 0 Å². The third-order valence-corrected chi connectivity index (χ3v) is 4.34. The monoisotopic (exact) mass is 337 g/mol. The van der Waals surface area contributed by atoms with Gasteiger partial charge in [-0.05, 0) is 23.8 Å². The number of hydrogen-bond acceptors (Lipinski definition) is 5. The molecule has 128 valence electrons. The molecule has 3 heterocycles. The van der Waals surface area contributed by atoms with Gasteiger partial charge in [0.15, 0.2) is 5.82 Å². The molecule has 7 nitrogen and oxygen atoms in total. The van der Waals surface area contributed by atoms with Gasteiger partial charge in [0, 0.05) is 32.0 Å². The largest absolute Gasteiger partial charge is 0.465 e. The van der Waals surface area contributed by atoms with Crippen molar-refractivity contribution in [3.8, 4) is 11.5 Å². The maximum atomic E-state index is 11.5. The van der Waals surface area contributed by atoms with E-state index in [0.717, 1.165) is 36.7 Å².